The van der Waals surface area contributed by atoms with E-state index in [0.717, 1.165) is 31.6 Å². The molecule has 1 aliphatic rings. The second-order valence-corrected chi connectivity index (χ2v) is 5.13. The first-order chi connectivity index (χ1) is 10.3. The number of hydrogen-bond donors (Lipinski definition) is 1. The summed E-state index contributed by atoms with van der Waals surface area (Å²) in [5, 5.41) is 3.18. The fourth-order valence-electron chi connectivity index (χ4n) is 2.47. The van der Waals surface area contributed by atoms with Crippen LogP contribution in [-0.2, 0) is 0 Å². The number of anilines is 2. The number of likely N-dealkylation sites (tertiary alicyclic amines) is 1. The quantitative estimate of drug-likeness (QED) is 0.940. The van der Waals surface area contributed by atoms with Gasteiger partial charge in [-0.1, -0.05) is 18.2 Å². The van der Waals surface area contributed by atoms with Gasteiger partial charge in [-0.05, 0) is 31.4 Å². The van der Waals surface area contributed by atoms with Gasteiger partial charge in [0.15, 0.2) is 0 Å². The number of nitrogens with one attached hydrogen (secondary N) is 1. The number of aromatic nitrogens is 2. The van der Waals surface area contributed by atoms with Crippen LogP contribution in [0.1, 0.15) is 29.8 Å². The Balaban J connectivity index is 1.75. The van der Waals surface area contributed by atoms with E-state index in [1.165, 1.54) is 12.7 Å². The van der Waals surface area contributed by atoms with Crippen LogP contribution in [0.5, 0.6) is 0 Å². The summed E-state index contributed by atoms with van der Waals surface area (Å²) in [6.07, 6.45) is 4.79. The Bertz CT molecular complexity index is 609. The van der Waals surface area contributed by atoms with Crippen LogP contribution in [0.25, 0.3) is 0 Å². The molecule has 0 saturated carbocycles. The Kier molecular flexibility index (Phi) is 4.09. The summed E-state index contributed by atoms with van der Waals surface area (Å²) in [6, 6.07) is 11.5. The van der Waals surface area contributed by atoms with E-state index in [0.29, 0.717) is 11.5 Å². The van der Waals surface area contributed by atoms with Gasteiger partial charge in [0.1, 0.15) is 17.8 Å². The first-order valence-electron chi connectivity index (χ1n) is 7.26. The van der Waals surface area contributed by atoms with Crippen molar-refractivity contribution < 1.29 is 4.79 Å². The molecule has 108 valence electrons. The Labute approximate surface area is 124 Å². The molecule has 5 heteroatoms. The summed E-state index contributed by atoms with van der Waals surface area (Å²) in [5.74, 6) is 0.629. The number of carbonyl (C=O) groups excluding carboxylic acids is 1. The fraction of sp³-hybridized carbons (Fsp3) is 0.312. The smallest absolute Gasteiger partial charge is 0.272 e. The van der Waals surface area contributed by atoms with Crippen LogP contribution in [0.2, 0.25) is 0 Å². The molecule has 0 unspecified atom stereocenters. The van der Waals surface area contributed by atoms with Crippen molar-refractivity contribution in [2.75, 3.05) is 18.4 Å². The molecule has 5 nitrogen and oxygen atoms in total. The van der Waals surface area contributed by atoms with Crippen molar-refractivity contribution in [3.8, 4) is 0 Å². The SMILES string of the molecule is O=C(c1cc(Nc2ccccc2)ncn1)N1CCCCC1. The Morgan fingerprint density at radius 2 is 1.81 bits per heavy atom. The van der Waals surface area contributed by atoms with Gasteiger partial charge in [-0.2, -0.15) is 0 Å². The van der Waals surface area contributed by atoms with Crippen molar-refractivity contribution in [2.24, 2.45) is 0 Å². The number of amides is 1. The van der Waals surface area contributed by atoms with Gasteiger partial charge in [-0.15, -0.1) is 0 Å². The molecule has 0 spiro atoms. The Morgan fingerprint density at radius 1 is 1.05 bits per heavy atom. The van der Waals surface area contributed by atoms with E-state index >= 15 is 0 Å². The molecule has 1 amide bonds. The molecule has 0 aliphatic carbocycles. The summed E-state index contributed by atoms with van der Waals surface area (Å²) in [6.45, 7) is 1.65. The molecule has 1 aromatic heterocycles. The average Bonchev–Trinajstić information content (AvgIpc) is 2.56. The number of piperidine rings is 1. The lowest BCUT2D eigenvalue weighted by molar-refractivity contribution is 0.0718. The minimum Gasteiger partial charge on any atom is -0.340 e. The number of benzene rings is 1. The molecule has 1 N–H and O–H groups in total. The predicted molar refractivity (Wildman–Crippen MR) is 81.5 cm³/mol. The van der Waals surface area contributed by atoms with Gasteiger partial charge in [0.25, 0.3) is 5.91 Å². The molecular weight excluding hydrogens is 264 g/mol. The third-order valence-electron chi connectivity index (χ3n) is 3.58. The second-order valence-electron chi connectivity index (χ2n) is 5.13. The lowest BCUT2D eigenvalue weighted by atomic mass is 10.1. The van der Waals surface area contributed by atoms with Gasteiger partial charge < -0.3 is 10.2 Å². The van der Waals surface area contributed by atoms with Crippen LogP contribution in [0.3, 0.4) is 0 Å². The normalized spacial score (nSPS) is 14.8. The van der Waals surface area contributed by atoms with E-state index in [9.17, 15) is 4.79 Å². The standard InChI is InChI=1S/C16H18N4O/c21-16(20-9-5-2-6-10-20)14-11-15(18-12-17-14)19-13-7-3-1-4-8-13/h1,3-4,7-8,11-12H,2,5-6,9-10H2,(H,17,18,19). The average molecular weight is 282 g/mol. The first kappa shape index (κ1) is 13.5. The summed E-state index contributed by atoms with van der Waals surface area (Å²) in [4.78, 5) is 22.6. The molecule has 1 aromatic carbocycles. The van der Waals surface area contributed by atoms with Crippen LogP contribution in [-0.4, -0.2) is 33.9 Å². The van der Waals surface area contributed by atoms with Crippen LogP contribution < -0.4 is 5.32 Å². The monoisotopic (exact) mass is 282 g/mol. The zero-order valence-electron chi connectivity index (χ0n) is 11.8. The lowest BCUT2D eigenvalue weighted by Gasteiger charge is -2.26. The minimum atomic E-state index is -0.00629. The second kappa shape index (κ2) is 6.35. The zero-order chi connectivity index (χ0) is 14.5. The number of hydrogen-bond acceptors (Lipinski definition) is 4. The summed E-state index contributed by atoms with van der Waals surface area (Å²) < 4.78 is 0. The first-order valence-corrected chi connectivity index (χ1v) is 7.26. The molecule has 2 aromatic rings. The number of carbonyl (C=O) groups is 1. The van der Waals surface area contributed by atoms with Gasteiger partial charge in [0.05, 0.1) is 0 Å². The number of nitrogens with zero attached hydrogens (tertiary/aromatic N) is 3. The summed E-state index contributed by atoms with van der Waals surface area (Å²) >= 11 is 0. The molecular formula is C16H18N4O. The summed E-state index contributed by atoms with van der Waals surface area (Å²) in [7, 11) is 0. The van der Waals surface area contributed by atoms with E-state index in [1.807, 2.05) is 35.2 Å². The molecule has 21 heavy (non-hydrogen) atoms. The van der Waals surface area contributed by atoms with Crippen LogP contribution in [0, 0.1) is 0 Å². The maximum Gasteiger partial charge on any atom is 0.272 e. The van der Waals surface area contributed by atoms with Crippen molar-refractivity contribution >= 4 is 17.4 Å². The maximum atomic E-state index is 12.4. The molecule has 1 saturated heterocycles. The highest BCUT2D eigenvalue weighted by atomic mass is 16.2. The molecule has 1 fully saturated rings. The maximum absolute atomic E-state index is 12.4. The molecule has 0 atom stereocenters. The van der Waals surface area contributed by atoms with E-state index in [1.54, 1.807) is 6.07 Å². The summed E-state index contributed by atoms with van der Waals surface area (Å²) in [5.41, 5.74) is 1.39. The zero-order valence-corrected chi connectivity index (χ0v) is 11.8. The van der Waals surface area contributed by atoms with Crippen molar-refractivity contribution in [1.82, 2.24) is 14.9 Å². The van der Waals surface area contributed by atoms with Gasteiger partial charge in [0, 0.05) is 24.8 Å². The third kappa shape index (κ3) is 3.37. The van der Waals surface area contributed by atoms with Gasteiger partial charge in [-0.25, -0.2) is 9.97 Å². The van der Waals surface area contributed by atoms with E-state index < -0.39 is 0 Å². The number of para-hydroxylation sites is 1. The van der Waals surface area contributed by atoms with Crippen LogP contribution in [0.15, 0.2) is 42.7 Å². The molecule has 2 heterocycles. The van der Waals surface area contributed by atoms with Crippen molar-refractivity contribution in [1.29, 1.82) is 0 Å². The van der Waals surface area contributed by atoms with Gasteiger partial charge >= 0.3 is 0 Å². The molecule has 1 aliphatic heterocycles. The van der Waals surface area contributed by atoms with E-state index in [-0.39, 0.29) is 5.91 Å². The van der Waals surface area contributed by atoms with Gasteiger partial charge in [0.2, 0.25) is 0 Å². The van der Waals surface area contributed by atoms with Crippen molar-refractivity contribution in [2.45, 2.75) is 19.3 Å². The van der Waals surface area contributed by atoms with Crippen molar-refractivity contribution in [3.05, 3.63) is 48.4 Å². The topological polar surface area (TPSA) is 58.1 Å². The van der Waals surface area contributed by atoms with Crippen LogP contribution in [0.4, 0.5) is 11.5 Å². The number of rotatable bonds is 3. The van der Waals surface area contributed by atoms with Gasteiger partial charge in [-0.3, -0.25) is 4.79 Å². The lowest BCUT2D eigenvalue weighted by Crippen LogP contribution is -2.36. The van der Waals surface area contributed by atoms with E-state index in [4.69, 9.17) is 0 Å². The highest BCUT2D eigenvalue weighted by molar-refractivity contribution is 5.93. The predicted octanol–water partition coefficient (Wildman–Crippen LogP) is 2.85. The highest BCUT2D eigenvalue weighted by Gasteiger charge is 2.19. The largest absolute Gasteiger partial charge is 0.340 e. The van der Waals surface area contributed by atoms with Crippen molar-refractivity contribution in [3.63, 3.8) is 0 Å². The molecule has 0 bridgehead atoms. The van der Waals surface area contributed by atoms with Crippen LogP contribution >= 0.6 is 0 Å². The molecule has 0 radical (unpaired) electrons. The minimum absolute atomic E-state index is 0.00629. The Morgan fingerprint density at radius 3 is 2.57 bits per heavy atom. The Hall–Kier alpha value is -2.43. The third-order valence-corrected chi connectivity index (χ3v) is 3.58. The molecule has 3 rings (SSSR count). The highest BCUT2D eigenvalue weighted by Crippen LogP contribution is 2.16. The fourth-order valence-corrected chi connectivity index (χ4v) is 2.47. The van der Waals surface area contributed by atoms with E-state index in [2.05, 4.69) is 15.3 Å².